The zero-order valence-electron chi connectivity index (χ0n) is 17.3. The summed E-state index contributed by atoms with van der Waals surface area (Å²) < 4.78 is 38.6. The van der Waals surface area contributed by atoms with Crippen LogP contribution in [0.5, 0.6) is 5.75 Å². The molecule has 1 fully saturated rings. The van der Waals surface area contributed by atoms with E-state index in [2.05, 4.69) is 10.0 Å². The lowest BCUT2D eigenvalue weighted by Gasteiger charge is -2.14. The number of hydrogen-bond acceptors (Lipinski definition) is 5. The molecule has 0 spiro atoms. The summed E-state index contributed by atoms with van der Waals surface area (Å²) >= 11 is 0. The van der Waals surface area contributed by atoms with Crippen molar-refractivity contribution in [2.45, 2.75) is 37.7 Å². The minimum absolute atomic E-state index is 0.0729. The van der Waals surface area contributed by atoms with Crippen LogP contribution in [0.3, 0.4) is 0 Å². The highest BCUT2D eigenvalue weighted by Gasteiger charge is 2.20. The predicted molar refractivity (Wildman–Crippen MR) is 115 cm³/mol. The van der Waals surface area contributed by atoms with Crippen LogP contribution >= 0.6 is 0 Å². The first-order chi connectivity index (χ1) is 14.3. The topological polar surface area (TPSA) is 93.7 Å². The second-order valence-corrected chi connectivity index (χ2v) is 9.43. The van der Waals surface area contributed by atoms with E-state index in [4.69, 9.17) is 9.47 Å². The highest BCUT2D eigenvalue weighted by Crippen LogP contribution is 2.21. The molecule has 2 aromatic rings. The lowest BCUT2D eigenvalue weighted by molar-refractivity contribution is 0.102. The Morgan fingerprint density at radius 3 is 2.57 bits per heavy atom. The SMILES string of the molecule is CC(C)COc1ccccc1C(=O)Nc1ccc(S(=O)(=O)NCC2CCCO2)cc1. The zero-order valence-corrected chi connectivity index (χ0v) is 18.1. The fourth-order valence-corrected chi connectivity index (χ4v) is 4.11. The molecule has 2 N–H and O–H groups in total. The van der Waals surface area contributed by atoms with Gasteiger partial charge in [0.05, 0.1) is 23.2 Å². The largest absolute Gasteiger partial charge is 0.492 e. The van der Waals surface area contributed by atoms with Crippen molar-refractivity contribution in [1.29, 1.82) is 0 Å². The lowest BCUT2D eigenvalue weighted by Crippen LogP contribution is -2.31. The van der Waals surface area contributed by atoms with Crippen molar-refractivity contribution in [2.24, 2.45) is 5.92 Å². The summed E-state index contributed by atoms with van der Waals surface area (Å²) in [6.07, 6.45) is 1.73. The van der Waals surface area contributed by atoms with Crippen molar-refractivity contribution in [3.05, 3.63) is 54.1 Å². The summed E-state index contributed by atoms with van der Waals surface area (Å²) in [6.45, 7) is 5.51. The Balaban J connectivity index is 1.63. The van der Waals surface area contributed by atoms with Crippen LogP contribution in [-0.2, 0) is 14.8 Å². The van der Waals surface area contributed by atoms with Gasteiger partial charge in [0.25, 0.3) is 5.91 Å². The van der Waals surface area contributed by atoms with E-state index in [1.165, 1.54) is 12.1 Å². The molecular formula is C22H28N2O5S. The van der Waals surface area contributed by atoms with Gasteiger partial charge in [-0.15, -0.1) is 0 Å². The van der Waals surface area contributed by atoms with E-state index < -0.39 is 10.0 Å². The molecule has 0 aliphatic carbocycles. The summed E-state index contributed by atoms with van der Waals surface area (Å²) in [5.74, 6) is 0.534. The molecule has 0 aromatic heterocycles. The maximum absolute atomic E-state index is 12.7. The lowest BCUT2D eigenvalue weighted by atomic mass is 10.1. The van der Waals surface area contributed by atoms with Crippen LogP contribution < -0.4 is 14.8 Å². The molecule has 2 aromatic carbocycles. The Bertz CT molecular complexity index is 952. The molecule has 1 saturated heterocycles. The summed E-state index contributed by atoms with van der Waals surface area (Å²) in [5, 5.41) is 2.79. The molecule has 1 heterocycles. The van der Waals surface area contributed by atoms with E-state index in [1.807, 2.05) is 19.9 Å². The summed E-state index contributed by atoms with van der Waals surface area (Å²) in [5.41, 5.74) is 0.921. The highest BCUT2D eigenvalue weighted by molar-refractivity contribution is 7.89. The van der Waals surface area contributed by atoms with Gasteiger partial charge >= 0.3 is 0 Å². The van der Waals surface area contributed by atoms with E-state index in [9.17, 15) is 13.2 Å². The minimum atomic E-state index is -3.63. The monoisotopic (exact) mass is 432 g/mol. The highest BCUT2D eigenvalue weighted by atomic mass is 32.2. The van der Waals surface area contributed by atoms with Gasteiger partial charge in [0, 0.05) is 18.8 Å². The fourth-order valence-electron chi connectivity index (χ4n) is 3.04. The molecule has 30 heavy (non-hydrogen) atoms. The van der Waals surface area contributed by atoms with Crippen LogP contribution in [0.1, 0.15) is 37.0 Å². The van der Waals surface area contributed by atoms with Gasteiger partial charge in [-0.3, -0.25) is 4.79 Å². The van der Waals surface area contributed by atoms with Crippen molar-refractivity contribution in [3.8, 4) is 5.75 Å². The number of hydrogen-bond donors (Lipinski definition) is 2. The molecule has 0 saturated carbocycles. The third-order valence-electron chi connectivity index (χ3n) is 4.65. The number of nitrogens with one attached hydrogen (secondary N) is 2. The number of anilines is 1. The predicted octanol–water partition coefficient (Wildman–Crippen LogP) is 3.43. The molecule has 1 unspecified atom stereocenters. The standard InChI is InChI=1S/C22H28N2O5S/c1-16(2)15-29-21-8-4-3-7-20(21)22(25)24-17-9-11-19(12-10-17)30(26,27)23-14-18-6-5-13-28-18/h3-4,7-12,16,18,23H,5-6,13-15H2,1-2H3,(H,24,25). The Morgan fingerprint density at radius 1 is 1.17 bits per heavy atom. The number of para-hydroxylation sites is 1. The number of benzene rings is 2. The van der Waals surface area contributed by atoms with E-state index in [-0.39, 0.29) is 23.5 Å². The minimum Gasteiger partial charge on any atom is -0.492 e. The zero-order chi connectivity index (χ0) is 21.6. The van der Waals surface area contributed by atoms with Crippen LogP contribution in [0.15, 0.2) is 53.4 Å². The van der Waals surface area contributed by atoms with Gasteiger partial charge in [0.2, 0.25) is 10.0 Å². The number of ether oxygens (including phenoxy) is 2. The molecule has 162 valence electrons. The van der Waals surface area contributed by atoms with E-state index >= 15 is 0 Å². The quantitative estimate of drug-likeness (QED) is 0.633. The van der Waals surface area contributed by atoms with Gasteiger partial charge in [-0.25, -0.2) is 13.1 Å². The molecule has 1 atom stereocenters. The number of sulfonamides is 1. The van der Waals surface area contributed by atoms with Gasteiger partial charge in [-0.2, -0.15) is 0 Å². The van der Waals surface area contributed by atoms with Crippen LogP contribution in [0.25, 0.3) is 0 Å². The van der Waals surface area contributed by atoms with Crippen LogP contribution in [-0.4, -0.2) is 40.2 Å². The number of carbonyl (C=O) groups excluding carboxylic acids is 1. The Kier molecular flexibility index (Phi) is 7.47. The van der Waals surface area contributed by atoms with Gasteiger partial charge in [0.15, 0.2) is 0 Å². The first-order valence-corrected chi connectivity index (χ1v) is 11.6. The van der Waals surface area contributed by atoms with Gasteiger partial charge in [-0.05, 0) is 55.2 Å². The summed E-state index contributed by atoms with van der Waals surface area (Å²) in [7, 11) is -3.63. The van der Waals surface area contributed by atoms with Crippen molar-refractivity contribution in [3.63, 3.8) is 0 Å². The second-order valence-electron chi connectivity index (χ2n) is 7.67. The number of amides is 1. The maximum Gasteiger partial charge on any atom is 0.259 e. The number of carbonyl (C=O) groups is 1. The fraction of sp³-hybridized carbons (Fsp3) is 0.409. The van der Waals surface area contributed by atoms with Crippen molar-refractivity contribution in [1.82, 2.24) is 4.72 Å². The first kappa shape index (κ1) is 22.3. The normalized spacial score (nSPS) is 16.6. The Morgan fingerprint density at radius 2 is 1.90 bits per heavy atom. The third-order valence-corrected chi connectivity index (χ3v) is 6.09. The van der Waals surface area contributed by atoms with E-state index in [0.29, 0.717) is 36.1 Å². The van der Waals surface area contributed by atoms with E-state index in [1.54, 1.807) is 30.3 Å². The van der Waals surface area contributed by atoms with Crippen molar-refractivity contribution >= 4 is 21.6 Å². The molecule has 8 heteroatoms. The smallest absolute Gasteiger partial charge is 0.259 e. The van der Waals surface area contributed by atoms with Gasteiger partial charge in [0.1, 0.15) is 5.75 Å². The van der Waals surface area contributed by atoms with Crippen LogP contribution in [0, 0.1) is 5.92 Å². The van der Waals surface area contributed by atoms with Gasteiger partial charge < -0.3 is 14.8 Å². The molecular weight excluding hydrogens is 404 g/mol. The van der Waals surface area contributed by atoms with Crippen LogP contribution in [0.4, 0.5) is 5.69 Å². The third kappa shape index (κ3) is 6.04. The molecule has 3 rings (SSSR count). The van der Waals surface area contributed by atoms with Gasteiger partial charge in [-0.1, -0.05) is 26.0 Å². The van der Waals surface area contributed by atoms with Crippen molar-refractivity contribution in [2.75, 3.05) is 25.1 Å². The molecule has 0 bridgehead atoms. The molecule has 0 radical (unpaired) electrons. The second kappa shape index (κ2) is 10.1. The average molecular weight is 433 g/mol. The summed E-state index contributed by atoms with van der Waals surface area (Å²) in [6, 6.07) is 13.1. The Hall–Kier alpha value is -2.42. The van der Waals surface area contributed by atoms with E-state index in [0.717, 1.165) is 12.8 Å². The average Bonchev–Trinajstić information content (AvgIpc) is 3.25. The Labute approximate surface area is 177 Å². The molecule has 7 nitrogen and oxygen atoms in total. The van der Waals surface area contributed by atoms with Crippen molar-refractivity contribution < 1.29 is 22.7 Å². The maximum atomic E-state index is 12.7. The summed E-state index contributed by atoms with van der Waals surface area (Å²) in [4.78, 5) is 12.8. The van der Waals surface area contributed by atoms with Crippen LogP contribution in [0.2, 0.25) is 0 Å². The first-order valence-electron chi connectivity index (χ1n) is 10.1. The molecule has 1 amide bonds. The molecule has 1 aliphatic rings. The molecule has 1 aliphatic heterocycles. The number of rotatable bonds is 9.